The van der Waals surface area contributed by atoms with Crippen LogP contribution in [0.5, 0.6) is 0 Å². The minimum absolute atomic E-state index is 0.0748. The van der Waals surface area contributed by atoms with Gasteiger partial charge in [0.1, 0.15) is 0 Å². The van der Waals surface area contributed by atoms with Crippen LogP contribution in [0, 0.1) is 12.8 Å². The van der Waals surface area contributed by atoms with Gasteiger partial charge in [0.05, 0.1) is 5.92 Å². The summed E-state index contributed by atoms with van der Waals surface area (Å²) in [4.78, 5) is 34.1. The molecule has 1 fully saturated rings. The summed E-state index contributed by atoms with van der Waals surface area (Å²) in [5, 5.41) is 4.99. The molecule has 3 amide bonds. The second kappa shape index (κ2) is 6.32. The molecule has 5 heteroatoms. The fourth-order valence-electron chi connectivity index (χ4n) is 2.28. The summed E-state index contributed by atoms with van der Waals surface area (Å²) in [6.45, 7) is 2.56. The molecule has 1 aromatic carbocycles. The van der Waals surface area contributed by atoms with Crippen LogP contribution in [-0.2, 0) is 20.8 Å². The highest BCUT2D eigenvalue weighted by Crippen LogP contribution is 2.14. The molecule has 1 aliphatic rings. The van der Waals surface area contributed by atoms with Crippen LogP contribution in [0.3, 0.4) is 0 Å². The maximum absolute atomic E-state index is 11.7. The standard InChI is InChI=1S/C15H18N2O3/c1-10-3-2-4-11(7-10)5-6-16-13(18)8-12-9-14(19)17-15(12)20/h2-4,7,12H,5-6,8-9H2,1H3,(H,16,18)(H,17,19,20). The molecule has 106 valence electrons. The van der Waals surface area contributed by atoms with Crippen LogP contribution in [0.15, 0.2) is 24.3 Å². The average molecular weight is 274 g/mol. The Morgan fingerprint density at radius 1 is 1.40 bits per heavy atom. The van der Waals surface area contributed by atoms with Gasteiger partial charge in [0.2, 0.25) is 17.7 Å². The fraction of sp³-hybridized carbons (Fsp3) is 0.400. The molecular weight excluding hydrogens is 256 g/mol. The van der Waals surface area contributed by atoms with Crippen LogP contribution < -0.4 is 10.6 Å². The second-order valence-electron chi connectivity index (χ2n) is 5.11. The lowest BCUT2D eigenvalue weighted by Gasteiger charge is -2.08. The first-order valence-corrected chi connectivity index (χ1v) is 6.70. The number of rotatable bonds is 5. The Morgan fingerprint density at radius 3 is 2.85 bits per heavy atom. The second-order valence-corrected chi connectivity index (χ2v) is 5.11. The lowest BCUT2D eigenvalue weighted by Crippen LogP contribution is -2.30. The van der Waals surface area contributed by atoms with Crippen LogP contribution in [0.1, 0.15) is 24.0 Å². The molecule has 1 heterocycles. The van der Waals surface area contributed by atoms with Gasteiger partial charge in [-0.3, -0.25) is 19.7 Å². The van der Waals surface area contributed by atoms with Crippen molar-refractivity contribution in [1.82, 2.24) is 10.6 Å². The summed E-state index contributed by atoms with van der Waals surface area (Å²) < 4.78 is 0. The number of hydrogen-bond acceptors (Lipinski definition) is 3. The first-order chi connectivity index (χ1) is 9.54. The Morgan fingerprint density at radius 2 is 2.20 bits per heavy atom. The first-order valence-electron chi connectivity index (χ1n) is 6.70. The Hall–Kier alpha value is -2.17. The van der Waals surface area contributed by atoms with Gasteiger partial charge in [-0.25, -0.2) is 0 Å². The third-order valence-electron chi connectivity index (χ3n) is 3.32. The molecule has 1 aromatic rings. The van der Waals surface area contributed by atoms with Gasteiger partial charge in [0.15, 0.2) is 0 Å². The van der Waals surface area contributed by atoms with Crippen LogP contribution >= 0.6 is 0 Å². The zero-order chi connectivity index (χ0) is 14.5. The number of hydrogen-bond donors (Lipinski definition) is 2. The van der Waals surface area contributed by atoms with E-state index in [9.17, 15) is 14.4 Å². The lowest BCUT2D eigenvalue weighted by atomic mass is 10.0. The zero-order valence-corrected chi connectivity index (χ0v) is 11.4. The SMILES string of the molecule is Cc1cccc(CCNC(=O)CC2CC(=O)NC2=O)c1. The van der Waals surface area contributed by atoms with Crippen molar-refractivity contribution in [2.75, 3.05) is 6.54 Å². The molecule has 2 rings (SSSR count). The number of amides is 3. The normalized spacial score (nSPS) is 17.9. The molecule has 1 unspecified atom stereocenters. The van der Waals surface area contributed by atoms with E-state index in [0.29, 0.717) is 6.54 Å². The molecular formula is C15H18N2O3. The predicted octanol–water partition coefficient (Wildman–Crippen LogP) is 0.707. The van der Waals surface area contributed by atoms with Crippen molar-refractivity contribution in [2.24, 2.45) is 5.92 Å². The number of carbonyl (C=O) groups excluding carboxylic acids is 3. The summed E-state index contributed by atoms with van der Waals surface area (Å²) in [5.41, 5.74) is 2.36. The minimum atomic E-state index is -0.513. The predicted molar refractivity (Wildman–Crippen MR) is 73.8 cm³/mol. The molecule has 0 aliphatic carbocycles. The van der Waals surface area contributed by atoms with Gasteiger partial charge < -0.3 is 5.32 Å². The molecule has 0 spiro atoms. The maximum atomic E-state index is 11.7. The van der Waals surface area contributed by atoms with Gasteiger partial charge in [-0.1, -0.05) is 29.8 Å². The monoisotopic (exact) mass is 274 g/mol. The number of benzene rings is 1. The molecule has 2 N–H and O–H groups in total. The van der Waals surface area contributed by atoms with Gasteiger partial charge in [-0.15, -0.1) is 0 Å². The molecule has 0 bridgehead atoms. The zero-order valence-electron chi connectivity index (χ0n) is 11.4. The van der Waals surface area contributed by atoms with Crippen LogP contribution in [-0.4, -0.2) is 24.3 Å². The maximum Gasteiger partial charge on any atom is 0.230 e. The molecule has 5 nitrogen and oxygen atoms in total. The Labute approximate surface area is 117 Å². The van der Waals surface area contributed by atoms with E-state index in [-0.39, 0.29) is 30.6 Å². The average Bonchev–Trinajstić information content (AvgIpc) is 2.68. The van der Waals surface area contributed by atoms with Gasteiger partial charge in [-0.05, 0) is 18.9 Å². The third-order valence-corrected chi connectivity index (χ3v) is 3.32. The van der Waals surface area contributed by atoms with Crippen LogP contribution in [0.2, 0.25) is 0 Å². The Kier molecular flexibility index (Phi) is 4.50. The summed E-state index contributed by atoms with van der Waals surface area (Å²) in [6, 6.07) is 8.11. The number of nitrogens with one attached hydrogen (secondary N) is 2. The number of aryl methyl sites for hydroxylation is 1. The fourth-order valence-corrected chi connectivity index (χ4v) is 2.28. The van der Waals surface area contributed by atoms with Crippen LogP contribution in [0.4, 0.5) is 0 Å². The van der Waals surface area contributed by atoms with Gasteiger partial charge in [-0.2, -0.15) is 0 Å². The quantitative estimate of drug-likeness (QED) is 0.776. The van der Waals surface area contributed by atoms with E-state index in [1.807, 2.05) is 25.1 Å². The van der Waals surface area contributed by atoms with Crippen molar-refractivity contribution in [1.29, 1.82) is 0 Å². The number of carbonyl (C=O) groups is 3. The highest BCUT2D eigenvalue weighted by Gasteiger charge is 2.31. The summed E-state index contributed by atoms with van der Waals surface area (Å²) in [6.07, 6.45) is 0.943. The largest absolute Gasteiger partial charge is 0.356 e. The van der Waals surface area contributed by atoms with E-state index in [4.69, 9.17) is 0 Å². The van der Waals surface area contributed by atoms with E-state index >= 15 is 0 Å². The van der Waals surface area contributed by atoms with E-state index < -0.39 is 5.92 Å². The van der Waals surface area contributed by atoms with Crippen molar-refractivity contribution in [3.63, 3.8) is 0 Å². The Bertz CT molecular complexity index is 540. The summed E-state index contributed by atoms with van der Waals surface area (Å²) in [5.74, 6) is -1.34. The van der Waals surface area contributed by atoms with E-state index in [1.165, 1.54) is 11.1 Å². The van der Waals surface area contributed by atoms with E-state index in [2.05, 4.69) is 16.7 Å². The van der Waals surface area contributed by atoms with Crippen molar-refractivity contribution < 1.29 is 14.4 Å². The van der Waals surface area contributed by atoms with E-state index in [1.54, 1.807) is 0 Å². The highest BCUT2D eigenvalue weighted by molar-refractivity contribution is 6.04. The topological polar surface area (TPSA) is 75.3 Å². The lowest BCUT2D eigenvalue weighted by molar-refractivity contribution is -0.129. The first kappa shape index (κ1) is 14.2. The molecule has 0 saturated carbocycles. The smallest absolute Gasteiger partial charge is 0.230 e. The number of imide groups is 1. The Balaban J connectivity index is 1.73. The van der Waals surface area contributed by atoms with Crippen LogP contribution in [0.25, 0.3) is 0 Å². The molecule has 1 saturated heterocycles. The third kappa shape index (κ3) is 3.91. The van der Waals surface area contributed by atoms with Gasteiger partial charge in [0.25, 0.3) is 0 Å². The van der Waals surface area contributed by atoms with Crippen molar-refractivity contribution in [3.05, 3.63) is 35.4 Å². The molecule has 1 aliphatic heterocycles. The van der Waals surface area contributed by atoms with Crippen molar-refractivity contribution >= 4 is 17.7 Å². The summed E-state index contributed by atoms with van der Waals surface area (Å²) >= 11 is 0. The molecule has 0 radical (unpaired) electrons. The van der Waals surface area contributed by atoms with Gasteiger partial charge >= 0.3 is 0 Å². The van der Waals surface area contributed by atoms with E-state index in [0.717, 1.165) is 6.42 Å². The van der Waals surface area contributed by atoms with Gasteiger partial charge in [0, 0.05) is 19.4 Å². The molecule has 0 aromatic heterocycles. The summed E-state index contributed by atoms with van der Waals surface area (Å²) in [7, 11) is 0. The van der Waals surface area contributed by atoms with Crippen molar-refractivity contribution in [3.8, 4) is 0 Å². The minimum Gasteiger partial charge on any atom is -0.356 e. The highest BCUT2D eigenvalue weighted by atomic mass is 16.2. The molecule has 20 heavy (non-hydrogen) atoms. The molecule has 1 atom stereocenters. The van der Waals surface area contributed by atoms with Crippen molar-refractivity contribution in [2.45, 2.75) is 26.2 Å².